The molecule has 76 valence electrons. The Hall–Kier alpha value is -0.940. The van der Waals surface area contributed by atoms with Crippen molar-refractivity contribution in [3.63, 3.8) is 0 Å². The van der Waals surface area contributed by atoms with Crippen LogP contribution in [0.3, 0.4) is 0 Å². The van der Waals surface area contributed by atoms with Gasteiger partial charge in [0.1, 0.15) is 12.1 Å². The lowest BCUT2D eigenvalue weighted by Gasteiger charge is -2.13. The van der Waals surface area contributed by atoms with Gasteiger partial charge >= 0.3 is 11.9 Å². The third-order valence-corrected chi connectivity index (χ3v) is 1.53. The smallest absolute Gasteiger partial charge is 0.342 e. The summed E-state index contributed by atoms with van der Waals surface area (Å²) in [5.74, 6) is -1.88. The van der Waals surface area contributed by atoms with Crippen LogP contribution >= 0.6 is 0 Å². The molecule has 0 unspecified atom stereocenters. The third-order valence-electron chi connectivity index (χ3n) is 1.53. The maximum Gasteiger partial charge on any atom is 0.342 e. The summed E-state index contributed by atoms with van der Waals surface area (Å²) in [4.78, 5) is 21.8. The summed E-state index contributed by atoms with van der Waals surface area (Å²) >= 11 is 0. The van der Waals surface area contributed by atoms with Gasteiger partial charge in [-0.2, -0.15) is 0 Å². The summed E-state index contributed by atoms with van der Waals surface area (Å²) < 4.78 is 4.28. The van der Waals surface area contributed by atoms with Crippen LogP contribution in [0, 0.1) is 5.92 Å². The molecule has 3 N–H and O–H groups in total. The van der Waals surface area contributed by atoms with Gasteiger partial charge in [0.15, 0.2) is 0 Å². The first-order valence-electron chi connectivity index (χ1n) is 4.05. The van der Waals surface area contributed by atoms with Crippen LogP contribution < -0.4 is 5.73 Å². The first-order chi connectivity index (χ1) is 5.86. The quantitative estimate of drug-likeness (QED) is 0.458. The molecule has 0 saturated carbocycles. The zero-order chi connectivity index (χ0) is 10.6. The van der Waals surface area contributed by atoms with Gasteiger partial charge in [-0.3, -0.25) is 0 Å². The van der Waals surface area contributed by atoms with Gasteiger partial charge in [0.2, 0.25) is 0 Å². The number of aliphatic hydroxyl groups is 1. The van der Waals surface area contributed by atoms with Gasteiger partial charge in [0, 0.05) is 0 Å². The van der Waals surface area contributed by atoms with Crippen molar-refractivity contribution < 1.29 is 19.4 Å². The fraction of sp³-hybridized carbons (Fsp3) is 0.750. The van der Waals surface area contributed by atoms with Crippen molar-refractivity contribution in [1.29, 1.82) is 0 Å². The Labute approximate surface area is 76.9 Å². The molecule has 2 atom stereocenters. The number of nitrogens with two attached hydrogens (primary N) is 1. The van der Waals surface area contributed by atoms with E-state index in [-0.39, 0.29) is 5.92 Å². The Balaban J connectivity index is 4.08. The van der Waals surface area contributed by atoms with Gasteiger partial charge in [-0.1, -0.05) is 13.8 Å². The van der Waals surface area contributed by atoms with Gasteiger partial charge in [-0.25, -0.2) is 9.59 Å². The molecule has 0 spiro atoms. The molecule has 0 aromatic carbocycles. The van der Waals surface area contributed by atoms with E-state index in [2.05, 4.69) is 4.74 Å². The Morgan fingerprint density at radius 1 is 1.23 bits per heavy atom. The third kappa shape index (κ3) is 4.00. The minimum absolute atomic E-state index is 0.103. The molecule has 0 aromatic rings. The summed E-state index contributed by atoms with van der Waals surface area (Å²) in [5, 5.41) is 8.72. The molecule has 0 aromatic heterocycles. The average molecular weight is 189 g/mol. The lowest BCUT2D eigenvalue weighted by atomic mass is 10.1. The molecule has 0 aliphatic rings. The molecular weight excluding hydrogens is 174 g/mol. The van der Waals surface area contributed by atoms with E-state index >= 15 is 0 Å². The summed E-state index contributed by atoms with van der Waals surface area (Å²) in [6.07, 6.45) is -1.30. The molecule has 0 fully saturated rings. The monoisotopic (exact) mass is 189 g/mol. The van der Waals surface area contributed by atoms with Gasteiger partial charge in [0.25, 0.3) is 0 Å². The van der Waals surface area contributed by atoms with Crippen LogP contribution in [0.2, 0.25) is 0 Å². The standard InChI is InChI=1S/C8H15NO4/c1-4(2)6(9)8(12)13-7(11)5(3)10/h4-6,10H,9H2,1-3H3/t5-,6-/m0/s1. The topological polar surface area (TPSA) is 89.6 Å². The van der Waals surface area contributed by atoms with Crippen LogP contribution in [-0.4, -0.2) is 29.2 Å². The predicted octanol–water partition coefficient (Wildman–Crippen LogP) is -0.580. The minimum atomic E-state index is -1.30. The number of rotatable bonds is 3. The van der Waals surface area contributed by atoms with Crippen molar-refractivity contribution in [1.82, 2.24) is 0 Å². The van der Waals surface area contributed by atoms with Crippen molar-refractivity contribution in [2.45, 2.75) is 32.9 Å². The van der Waals surface area contributed by atoms with Gasteiger partial charge in [-0.05, 0) is 12.8 Å². The van der Waals surface area contributed by atoms with Crippen LogP contribution in [-0.2, 0) is 14.3 Å². The lowest BCUT2D eigenvalue weighted by Crippen LogP contribution is -2.39. The summed E-state index contributed by atoms with van der Waals surface area (Å²) in [7, 11) is 0. The lowest BCUT2D eigenvalue weighted by molar-refractivity contribution is -0.166. The van der Waals surface area contributed by atoms with E-state index in [1.165, 1.54) is 6.92 Å². The normalized spacial score (nSPS) is 15.2. The van der Waals surface area contributed by atoms with Gasteiger partial charge < -0.3 is 15.6 Å². The van der Waals surface area contributed by atoms with E-state index in [1.54, 1.807) is 13.8 Å². The predicted molar refractivity (Wildman–Crippen MR) is 45.6 cm³/mol. The first kappa shape index (κ1) is 12.1. The van der Waals surface area contributed by atoms with E-state index in [9.17, 15) is 9.59 Å². The van der Waals surface area contributed by atoms with E-state index in [0.29, 0.717) is 0 Å². The van der Waals surface area contributed by atoms with Crippen LogP contribution in [0.5, 0.6) is 0 Å². The number of ether oxygens (including phenoxy) is 1. The summed E-state index contributed by atoms with van der Waals surface area (Å²) in [6, 6.07) is -0.831. The van der Waals surface area contributed by atoms with E-state index < -0.39 is 24.1 Å². The Kier molecular flexibility index (Phi) is 4.58. The zero-order valence-corrected chi connectivity index (χ0v) is 7.98. The SMILES string of the molecule is CC(C)[C@H](N)C(=O)OC(=O)[C@H](C)O. The Morgan fingerprint density at radius 2 is 1.69 bits per heavy atom. The highest BCUT2D eigenvalue weighted by Gasteiger charge is 2.23. The van der Waals surface area contributed by atoms with E-state index in [1.807, 2.05) is 0 Å². The first-order valence-corrected chi connectivity index (χ1v) is 4.05. The fourth-order valence-electron chi connectivity index (χ4n) is 0.525. The number of esters is 2. The molecule has 0 aliphatic heterocycles. The molecule has 0 aliphatic carbocycles. The highest BCUT2D eigenvalue weighted by Crippen LogP contribution is 2.01. The number of hydrogen-bond donors (Lipinski definition) is 2. The van der Waals surface area contributed by atoms with Crippen molar-refractivity contribution in [3.8, 4) is 0 Å². The highest BCUT2D eigenvalue weighted by atomic mass is 16.6. The second kappa shape index (κ2) is 4.94. The molecule has 0 saturated heterocycles. The van der Waals surface area contributed by atoms with Crippen LogP contribution in [0.15, 0.2) is 0 Å². The number of carbonyl (C=O) groups is 2. The van der Waals surface area contributed by atoms with Crippen LogP contribution in [0.25, 0.3) is 0 Å². The Bertz CT molecular complexity index is 200. The van der Waals surface area contributed by atoms with Crippen LogP contribution in [0.1, 0.15) is 20.8 Å². The molecule has 13 heavy (non-hydrogen) atoms. The van der Waals surface area contributed by atoms with Crippen molar-refractivity contribution >= 4 is 11.9 Å². The zero-order valence-electron chi connectivity index (χ0n) is 7.98. The number of carbonyl (C=O) groups excluding carboxylic acids is 2. The fourth-order valence-corrected chi connectivity index (χ4v) is 0.525. The summed E-state index contributed by atoms with van der Waals surface area (Å²) in [6.45, 7) is 4.69. The highest BCUT2D eigenvalue weighted by molar-refractivity contribution is 5.90. The molecule has 0 amide bonds. The molecule has 5 nitrogen and oxygen atoms in total. The summed E-state index contributed by atoms with van der Waals surface area (Å²) in [5.41, 5.74) is 5.40. The molecule has 0 heterocycles. The van der Waals surface area contributed by atoms with Crippen molar-refractivity contribution in [2.75, 3.05) is 0 Å². The van der Waals surface area contributed by atoms with Gasteiger partial charge in [0.05, 0.1) is 0 Å². The number of aliphatic hydroxyl groups excluding tert-OH is 1. The molecule has 5 heteroatoms. The van der Waals surface area contributed by atoms with Crippen LogP contribution in [0.4, 0.5) is 0 Å². The molecular formula is C8H15NO4. The minimum Gasteiger partial charge on any atom is -0.390 e. The largest absolute Gasteiger partial charge is 0.390 e. The molecule has 0 bridgehead atoms. The Morgan fingerprint density at radius 3 is 2.00 bits per heavy atom. The average Bonchev–Trinajstić information content (AvgIpc) is 2.02. The molecule has 0 radical (unpaired) electrons. The van der Waals surface area contributed by atoms with E-state index in [4.69, 9.17) is 10.8 Å². The maximum atomic E-state index is 11.0. The molecule has 0 rings (SSSR count). The maximum absolute atomic E-state index is 11.0. The van der Waals surface area contributed by atoms with E-state index in [0.717, 1.165) is 0 Å². The van der Waals surface area contributed by atoms with Gasteiger partial charge in [-0.15, -0.1) is 0 Å². The second-order valence-electron chi connectivity index (χ2n) is 3.19. The van der Waals surface area contributed by atoms with Crippen molar-refractivity contribution in [2.24, 2.45) is 11.7 Å². The number of hydrogen-bond acceptors (Lipinski definition) is 5. The van der Waals surface area contributed by atoms with Crippen molar-refractivity contribution in [3.05, 3.63) is 0 Å². The second-order valence-corrected chi connectivity index (χ2v) is 3.19.